The molecule has 1 saturated heterocycles. The van der Waals surface area contributed by atoms with Crippen LogP contribution in [0.4, 0.5) is 0 Å². The molecule has 1 amide bonds. The number of benzene rings is 1. The zero-order chi connectivity index (χ0) is 22.8. The van der Waals surface area contributed by atoms with Crippen molar-refractivity contribution < 1.29 is 17.6 Å². The molecule has 8 nitrogen and oxygen atoms in total. The normalized spacial score (nSPS) is 15.1. The number of hydrogen-bond acceptors (Lipinski definition) is 6. The molecule has 1 aromatic carbocycles. The second-order valence-corrected chi connectivity index (χ2v) is 10.6. The topological polar surface area (TPSA) is 97.4 Å². The van der Waals surface area contributed by atoms with Gasteiger partial charge in [-0.2, -0.15) is 5.10 Å². The first kappa shape index (κ1) is 21.6. The maximum atomic E-state index is 13.5. The van der Waals surface area contributed by atoms with E-state index in [1.54, 1.807) is 51.6 Å². The van der Waals surface area contributed by atoms with Crippen LogP contribution in [-0.4, -0.2) is 48.1 Å². The summed E-state index contributed by atoms with van der Waals surface area (Å²) in [5.41, 5.74) is 1.79. The van der Waals surface area contributed by atoms with E-state index >= 15 is 0 Å². The lowest BCUT2D eigenvalue weighted by molar-refractivity contribution is 0.0702. The number of furan rings is 1. The summed E-state index contributed by atoms with van der Waals surface area (Å²) in [7, 11) is -3.53. The van der Waals surface area contributed by atoms with E-state index in [2.05, 4.69) is 9.82 Å². The molecule has 0 spiro atoms. The molecule has 0 unspecified atom stereocenters. The van der Waals surface area contributed by atoms with E-state index in [1.807, 2.05) is 30.3 Å². The molecule has 0 radical (unpaired) electrons. The summed E-state index contributed by atoms with van der Waals surface area (Å²) in [4.78, 5) is 15.2. The van der Waals surface area contributed by atoms with E-state index in [1.165, 1.54) is 11.3 Å². The van der Waals surface area contributed by atoms with Crippen molar-refractivity contribution in [3.63, 3.8) is 0 Å². The minimum Gasteiger partial charge on any atom is -0.463 e. The molecular weight excluding hydrogens is 460 g/mol. The number of carbonyl (C=O) groups is 1. The molecule has 1 aliphatic heterocycles. The summed E-state index contributed by atoms with van der Waals surface area (Å²) in [5.74, 6) is 0.434. The molecule has 33 heavy (non-hydrogen) atoms. The third-order valence-corrected chi connectivity index (χ3v) is 8.48. The molecule has 1 aliphatic rings. The molecule has 0 atom stereocenters. The Balaban J connectivity index is 1.34. The highest BCUT2D eigenvalue weighted by Gasteiger charge is 2.29. The number of aromatic nitrogens is 2. The predicted molar refractivity (Wildman–Crippen MR) is 125 cm³/mol. The highest BCUT2D eigenvalue weighted by atomic mass is 32.2. The first-order chi connectivity index (χ1) is 16.0. The van der Waals surface area contributed by atoms with Crippen molar-refractivity contribution in [2.24, 2.45) is 0 Å². The third kappa shape index (κ3) is 4.50. The highest BCUT2D eigenvalue weighted by Crippen LogP contribution is 2.25. The monoisotopic (exact) mass is 482 g/mol. The van der Waals surface area contributed by atoms with Gasteiger partial charge in [0, 0.05) is 25.2 Å². The van der Waals surface area contributed by atoms with Gasteiger partial charge in [0.2, 0.25) is 10.0 Å². The number of piperidine rings is 1. The van der Waals surface area contributed by atoms with Gasteiger partial charge in [-0.05, 0) is 48.6 Å². The van der Waals surface area contributed by atoms with Gasteiger partial charge in [0.05, 0.1) is 12.0 Å². The van der Waals surface area contributed by atoms with Crippen LogP contribution in [-0.2, 0) is 10.0 Å². The lowest BCUT2D eigenvalue weighted by Gasteiger charge is -2.32. The maximum Gasteiger partial charge on any atom is 0.272 e. The largest absolute Gasteiger partial charge is 0.463 e. The predicted octanol–water partition coefficient (Wildman–Crippen LogP) is 3.78. The SMILES string of the molecule is O=C(c1cc(-c2ccco2)nn1-c1ccccc1)N1CCC(NS(=O)(=O)c2cccs2)CC1. The van der Waals surface area contributed by atoms with E-state index in [0.717, 1.165) is 5.69 Å². The van der Waals surface area contributed by atoms with Crippen LogP contribution in [0.2, 0.25) is 0 Å². The molecule has 170 valence electrons. The van der Waals surface area contributed by atoms with Crippen molar-refractivity contribution >= 4 is 27.3 Å². The number of nitrogens with zero attached hydrogens (tertiary/aromatic N) is 3. The number of para-hydroxylation sites is 1. The number of likely N-dealkylation sites (tertiary alicyclic amines) is 1. The number of rotatable bonds is 6. The van der Waals surface area contributed by atoms with Gasteiger partial charge in [0.1, 0.15) is 15.6 Å². The Morgan fingerprint density at radius 3 is 2.52 bits per heavy atom. The molecule has 1 fully saturated rings. The molecule has 0 saturated carbocycles. The van der Waals surface area contributed by atoms with Crippen LogP contribution in [0.1, 0.15) is 23.3 Å². The summed E-state index contributed by atoms with van der Waals surface area (Å²) in [5, 5.41) is 6.35. The van der Waals surface area contributed by atoms with Gasteiger partial charge < -0.3 is 9.32 Å². The standard InChI is InChI=1S/C23H22N4O4S2/c28-23(26-12-10-17(11-13-26)25-33(29,30)22-9-5-15-32-22)20-16-19(21-8-4-14-31-21)24-27(20)18-6-2-1-3-7-18/h1-9,14-17,25H,10-13H2. The Morgan fingerprint density at radius 1 is 1.06 bits per heavy atom. The average molecular weight is 483 g/mol. The Hall–Kier alpha value is -3.21. The van der Waals surface area contributed by atoms with E-state index < -0.39 is 10.0 Å². The third-order valence-electron chi connectivity index (χ3n) is 5.57. The molecule has 0 bridgehead atoms. The van der Waals surface area contributed by atoms with Gasteiger partial charge in [-0.25, -0.2) is 17.8 Å². The zero-order valence-corrected chi connectivity index (χ0v) is 19.3. The molecule has 4 heterocycles. The van der Waals surface area contributed by atoms with Gasteiger partial charge in [-0.3, -0.25) is 4.79 Å². The summed E-state index contributed by atoms with van der Waals surface area (Å²) in [6, 6.07) is 17.9. The van der Waals surface area contributed by atoms with Crippen LogP contribution >= 0.6 is 11.3 Å². The Labute approximate surface area is 195 Å². The van der Waals surface area contributed by atoms with Crippen molar-refractivity contribution in [2.45, 2.75) is 23.1 Å². The van der Waals surface area contributed by atoms with Gasteiger partial charge >= 0.3 is 0 Å². The maximum absolute atomic E-state index is 13.5. The highest BCUT2D eigenvalue weighted by molar-refractivity contribution is 7.91. The van der Waals surface area contributed by atoms with E-state index in [9.17, 15) is 13.2 Å². The second kappa shape index (κ2) is 8.97. The molecule has 5 rings (SSSR count). The van der Waals surface area contributed by atoms with Crippen molar-refractivity contribution in [2.75, 3.05) is 13.1 Å². The zero-order valence-electron chi connectivity index (χ0n) is 17.6. The van der Waals surface area contributed by atoms with Crippen molar-refractivity contribution in [1.29, 1.82) is 0 Å². The van der Waals surface area contributed by atoms with Crippen LogP contribution in [0.15, 0.2) is 80.9 Å². The van der Waals surface area contributed by atoms with Crippen LogP contribution in [0.5, 0.6) is 0 Å². The quantitative estimate of drug-likeness (QED) is 0.451. The number of hydrogen-bond donors (Lipinski definition) is 1. The number of carbonyl (C=O) groups excluding carboxylic acids is 1. The molecule has 0 aliphatic carbocycles. The fourth-order valence-corrected chi connectivity index (χ4v) is 6.22. The lowest BCUT2D eigenvalue weighted by Crippen LogP contribution is -2.46. The lowest BCUT2D eigenvalue weighted by atomic mass is 10.1. The minimum atomic E-state index is -3.53. The van der Waals surface area contributed by atoms with Crippen LogP contribution < -0.4 is 4.72 Å². The minimum absolute atomic E-state index is 0.149. The number of nitrogens with one attached hydrogen (secondary N) is 1. The average Bonchev–Trinajstić information content (AvgIpc) is 3.61. The fourth-order valence-electron chi connectivity index (χ4n) is 3.90. The van der Waals surface area contributed by atoms with E-state index in [0.29, 0.717) is 47.3 Å². The summed E-state index contributed by atoms with van der Waals surface area (Å²) >= 11 is 1.19. The van der Waals surface area contributed by atoms with Gasteiger partial charge in [0.15, 0.2) is 5.76 Å². The van der Waals surface area contributed by atoms with E-state index in [4.69, 9.17) is 4.42 Å². The number of sulfonamides is 1. The van der Waals surface area contributed by atoms with E-state index in [-0.39, 0.29) is 11.9 Å². The van der Waals surface area contributed by atoms with Crippen LogP contribution in [0.25, 0.3) is 17.1 Å². The fraction of sp³-hybridized carbons (Fsp3) is 0.217. The molecule has 3 aromatic heterocycles. The summed E-state index contributed by atoms with van der Waals surface area (Å²) in [6.07, 6.45) is 2.65. The number of thiophene rings is 1. The van der Waals surface area contributed by atoms with Crippen molar-refractivity contribution in [1.82, 2.24) is 19.4 Å². The van der Waals surface area contributed by atoms with Crippen molar-refractivity contribution in [3.8, 4) is 17.1 Å². The second-order valence-electron chi connectivity index (χ2n) is 7.76. The first-order valence-corrected chi connectivity index (χ1v) is 12.9. The molecular formula is C23H22N4O4S2. The summed E-state index contributed by atoms with van der Waals surface area (Å²) in [6.45, 7) is 0.902. The van der Waals surface area contributed by atoms with Crippen LogP contribution in [0.3, 0.4) is 0 Å². The molecule has 10 heteroatoms. The smallest absolute Gasteiger partial charge is 0.272 e. The van der Waals surface area contributed by atoms with Gasteiger partial charge in [0.25, 0.3) is 5.91 Å². The van der Waals surface area contributed by atoms with Gasteiger partial charge in [-0.1, -0.05) is 24.3 Å². The van der Waals surface area contributed by atoms with Crippen molar-refractivity contribution in [3.05, 3.63) is 78.0 Å². The van der Waals surface area contributed by atoms with Gasteiger partial charge in [-0.15, -0.1) is 11.3 Å². The Kier molecular flexibility index (Phi) is 5.88. The van der Waals surface area contributed by atoms with Crippen LogP contribution in [0, 0.1) is 0 Å². The first-order valence-electron chi connectivity index (χ1n) is 10.6. The Bertz CT molecular complexity index is 1320. The Morgan fingerprint density at radius 2 is 1.85 bits per heavy atom. The summed E-state index contributed by atoms with van der Waals surface area (Å²) < 4.78 is 35.2. The molecule has 1 N–H and O–H groups in total. The number of amides is 1. The molecule has 4 aromatic rings.